The van der Waals surface area contributed by atoms with E-state index in [-0.39, 0.29) is 17.7 Å². The van der Waals surface area contributed by atoms with Crippen molar-refractivity contribution in [3.63, 3.8) is 0 Å². The molecule has 1 heterocycles. The highest BCUT2D eigenvalue weighted by Crippen LogP contribution is 2.29. The lowest BCUT2D eigenvalue weighted by Crippen LogP contribution is -2.24. The molecule has 0 saturated heterocycles. The standard InChI is InChI=1S/C21H32O3/c1-15(2)17-8-9-18-14-19(24-20(18)22)13-16(3)7-6-11-21(4,23-5)12-10-17/h7,10,12,14-15,17,19H,6,8-9,11,13H2,1-5H3/t17-,19-,21+/m0/s1. The van der Waals surface area contributed by atoms with Crippen LogP contribution in [0.4, 0.5) is 0 Å². The molecule has 0 unspecified atom stereocenters. The second-order valence-corrected chi connectivity index (χ2v) is 7.75. The highest BCUT2D eigenvalue weighted by molar-refractivity contribution is 5.90. The SMILES string of the molecule is CO[C@@]1(C)C=C[C@@H](C(C)C)CCC2=C[C@H](CC(C)=CCC1)OC2=O. The zero-order chi connectivity index (χ0) is 17.7. The Morgan fingerprint density at radius 2 is 2.12 bits per heavy atom. The number of methoxy groups -OCH3 is 1. The Morgan fingerprint density at radius 3 is 2.79 bits per heavy atom. The summed E-state index contributed by atoms with van der Waals surface area (Å²) in [7, 11) is 1.78. The molecule has 1 aliphatic carbocycles. The molecule has 3 atom stereocenters. The molecule has 1 aliphatic heterocycles. The maximum Gasteiger partial charge on any atom is 0.334 e. The monoisotopic (exact) mass is 332 g/mol. The van der Waals surface area contributed by atoms with Gasteiger partial charge in [0, 0.05) is 19.1 Å². The van der Waals surface area contributed by atoms with Gasteiger partial charge in [0.1, 0.15) is 6.10 Å². The van der Waals surface area contributed by atoms with Crippen molar-refractivity contribution >= 4 is 5.97 Å². The molecule has 134 valence electrons. The number of allylic oxidation sites excluding steroid dienone is 2. The van der Waals surface area contributed by atoms with Gasteiger partial charge in [-0.25, -0.2) is 4.79 Å². The Hall–Kier alpha value is -1.35. The number of esters is 1. The van der Waals surface area contributed by atoms with Crippen LogP contribution in [0.25, 0.3) is 0 Å². The lowest BCUT2D eigenvalue weighted by Gasteiger charge is -2.26. The molecule has 2 aliphatic rings. The van der Waals surface area contributed by atoms with Gasteiger partial charge in [0.15, 0.2) is 0 Å². The summed E-state index contributed by atoms with van der Waals surface area (Å²) in [6, 6.07) is 0. The Morgan fingerprint density at radius 1 is 1.38 bits per heavy atom. The molecule has 2 bridgehead atoms. The molecular weight excluding hydrogens is 300 g/mol. The van der Waals surface area contributed by atoms with E-state index in [1.54, 1.807) is 7.11 Å². The topological polar surface area (TPSA) is 35.5 Å². The van der Waals surface area contributed by atoms with E-state index in [0.717, 1.165) is 37.7 Å². The normalized spacial score (nSPS) is 32.2. The molecule has 0 radical (unpaired) electrons. The molecular formula is C21H32O3. The van der Waals surface area contributed by atoms with Crippen molar-refractivity contribution in [1.29, 1.82) is 0 Å². The molecule has 2 rings (SSSR count). The molecule has 0 aromatic rings. The fourth-order valence-electron chi connectivity index (χ4n) is 3.39. The highest BCUT2D eigenvalue weighted by atomic mass is 16.5. The summed E-state index contributed by atoms with van der Waals surface area (Å²) in [5.41, 5.74) is 1.88. The van der Waals surface area contributed by atoms with Crippen molar-refractivity contribution < 1.29 is 14.3 Å². The fourth-order valence-corrected chi connectivity index (χ4v) is 3.39. The predicted octanol–water partition coefficient (Wildman–Crippen LogP) is 4.98. The maximum absolute atomic E-state index is 12.1. The second-order valence-electron chi connectivity index (χ2n) is 7.75. The molecule has 0 N–H and O–H groups in total. The Bertz CT molecular complexity index is 541. The van der Waals surface area contributed by atoms with Gasteiger partial charge in [0.25, 0.3) is 0 Å². The van der Waals surface area contributed by atoms with Gasteiger partial charge in [-0.2, -0.15) is 0 Å². The Labute approximate surface area is 146 Å². The molecule has 3 nitrogen and oxygen atoms in total. The van der Waals surface area contributed by atoms with Gasteiger partial charge in [-0.3, -0.25) is 0 Å². The molecule has 24 heavy (non-hydrogen) atoms. The van der Waals surface area contributed by atoms with Crippen LogP contribution in [0.2, 0.25) is 0 Å². The zero-order valence-electron chi connectivity index (χ0n) is 15.8. The summed E-state index contributed by atoms with van der Waals surface area (Å²) >= 11 is 0. The number of ether oxygens (including phenoxy) is 2. The van der Waals surface area contributed by atoms with Gasteiger partial charge in [-0.15, -0.1) is 0 Å². The van der Waals surface area contributed by atoms with Gasteiger partial charge in [0.2, 0.25) is 0 Å². The highest BCUT2D eigenvalue weighted by Gasteiger charge is 2.27. The predicted molar refractivity (Wildman–Crippen MR) is 97.7 cm³/mol. The first-order valence-corrected chi connectivity index (χ1v) is 9.15. The van der Waals surface area contributed by atoms with Crippen LogP contribution in [0.15, 0.2) is 35.5 Å². The number of rotatable bonds is 2. The number of fused-ring (bicyclic) bond motifs is 1. The summed E-state index contributed by atoms with van der Waals surface area (Å²) in [6.07, 6.45) is 13.2. The molecule has 0 amide bonds. The van der Waals surface area contributed by atoms with Crippen molar-refractivity contribution in [3.8, 4) is 0 Å². The van der Waals surface area contributed by atoms with Gasteiger partial charge in [-0.1, -0.05) is 37.6 Å². The summed E-state index contributed by atoms with van der Waals surface area (Å²) in [5.74, 6) is 0.842. The van der Waals surface area contributed by atoms with Crippen LogP contribution >= 0.6 is 0 Å². The lowest BCUT2D eigenvalue weighted by atomic mass is 9.86. The van der Waals surface area contributed by atoms with E-state index in [1.807, 2.05) is 6.08 Å². The molecule has 0 spiro atoms. The van der Waals surface area contributed by atoms with Gasteiger partial charge in [0.05, 0.1) is 5.60 Å². The third kappa shape index (κ3) is 5.07. The summed E-state index contributed by atoms with van der Waals surface area (Å²) in [5, 5.41) is 0. The van der Waals surface area contributed by atoms with E-state index < -0.39 is 0 Å². The summed E-state index contributed by atoms with van der Waals surface area (Å²) < 4.78 is 11.3. The molecule has 0 aromatic heterocycles. The van der Waals surface area contributed by atoms with E-state index in [4.69, 9.17) is 9.47 Å². The third-order valence-electron chi connectivity index (χ3n) is 5.33. The fraction of sp³-hybridized carbons (Fsp3) is 0.667. The van der Waals surface area contributed by atoms with E-state index in [9.17, 15) is 4.79 Å². The Balaban J connectivity index is 2.24. The lowest BCUT2D eigenvalue weighted by molar-refractivity contribution is -0.139. The number of hydrogen-bond donors (Lipinski definition) is 0. The van der Waals surface area contributed by atoms with E-state index in [0.29, 0.717) is 11.8 Å². The molecule has 0 saturated carbocycles. The quantitative estimate of drug-likeness (QED) is 0.528. The van der Waals surface area contributed by atoms with E-state index in [2.05, 4.69) is 45.9 Å². The Kier molecular flexibility index (Phi) is 6.45. The molecule has 0 aromatic carbocycles. The minimum atomic E-state index is -0.237. The van der Waals surface area contributed by atoms with Gasteiger partial charge in [-0.05, 0) is 57.4 Å². The number of carbonyl (C=O) groups is 1. The first kappa shape index (κ1) is 19.0. The average molecular weight is 332 g/mol. The first-order valence-electron chi connectivity index (χ1n) is 9.15. The largest absolute Gasteiger partial charge is 0.454 e. The molecule has 3 heteroatoms. The van der Waals surface area contributed by atoms with Crippen LogP contribution in [-0.4, -0.2) is 24.8 Å². The van der Waals surface area contributed by atoms with Gasteiger partial charge < -0.3 is 9.47 Å². The minimum Gasteiger partial charge on any atom is -0.454 e. The summed E-state index contributed by atoms with van der Waals surface area (Å²) in [4.78, 5) is 12.1. The van der Waals surface area contributed by atoms with Crippen LogP contribution < -0.4 is 0 Å². The van der Waals surface area contributed by atoms with Crippen molar-refractivity contribution in [2.24, 2.45) is 11.8 Å². The van der Waals surface area contributed by atoms with Crippen LogP contribution in [0, 0.1) is 11.8 Å². The van der Waals surface area contributed by atoms with E-state index >= 15 is 0 Å². The smallest absolute Gasteiger partial charge is 0.334 e. The van der Waals surface area contributed by atoms with Crippen LogP contribution in [0.1, 0.15) is 59.8 Å². The number of hydrogen-bond acceptors (Lipinski definition) is 3. The van der Waals surface area contributed by atoms with Crippen molar-refractivity contribution in [2.75, 3.05) is 7.11 Å². The first-order chi connectivity index (χ1) is 11.3. The third-order valence-corrected chi connectivity index (χ3v) is 5.33. The van der Waals surface area contributed by atoms with E-state index in [1.165, 1.54) is 5.57 Å². The summed E-state index contributed by atoms with van der Waals surface area (Å²) in [6.45, 7) is 8.73. The number of carbonyl (C=O) groups excluding carboxylic acids is 1. The van der Waals surface area contributed by atoms with Crippen molar-refractivity contribution in [3.05, 3.63) is 35.5 Å². The minimum absolute atomic E-state index is 0.0893. The zero-order valence-corrected chi connectivity index (χ0v) is 15.8. The molecule has 0 fully saturated rings. The van der Waals surface area contributed by atoms with Gasteiger partial charge >= 0.3 is 5.97 Å². The van der Waals surface area contributed by atoms with Crippen molar-refractivity contribution in [2.45, 2.75) is 71.5 Å². The maximum atomic E-state index is 12.1. The van der Waals surface area contributed by atoms with Crippen LogP contribution in [-0.2, 0) is 14.3 Å². The van der Waals surface area contributed by atoms with Crippen LogP contribution in [0.3, 0.4) is 0 Å². The van der Waals surface area contributed by atoms with Crippen molar-refractivity contribution in [1.82, 2.24) is 0 Å². The second kappa shape index (κ2) is 8.15. The average Bonchev–Trinajstić information content (AvgIpc) is 2.85. The van der Waals surface area contributed by atoms with Crippen LogP contribution in [0.5, 0.6) is 0 Å².